The van der Waals surface area contributed by atoms with Gasteiger partial charge in [0.25, 0.3) is 0 Å². The van der Waals surface area contributed by atoms with E-state index in [-0.39, 0.29) is 19.4 Å². The van der Waals surface area contributed by atoms with Gasteiger partial charge in [0.1, 0.15) is 6.61 Å². The maximum Gasteiger partial charge on any atom is 0.469 e. The molecule has 0 spiro atoms. The minimum Gasteiger partial charge on any atom is -0.462 e. The Kier molecular flexibility index (Phi) is 27.6. The van der Waals surface area contributed by atoms with Crippen molar-refractivity contribution in [3.63, 3.8) is 0 Å². The van der Waals surface area contributed by atoms with Crippen LogP contribution in [0.4, 0.5) is 0 Å². The number of carbonyl (C=O) groups is 2. The second-order valence-electron chi connectivity index (χ2n) is 13.3. The molecular formula is C37H69O9P. The zero-order chi connectivity index (χ0) is 34.4. The summed E-state index contributed by atoms with van der Waals surface area (Å²) in [7, 11) is -4.75. The first-order valence-corrected chi connectivity index (χ1v) is 20.6. The second-order valence-corrected chi connectivity index (χ2v) is 14.5. The fourth-order valence-corrected chi connectivity index (χ4v) is 6.09. The van der Waals surface area contributed by atoms with Gasteiger partial charge in [0, 0.05) is 12.8 Å². The minimum absolute atomic E-state index is 0.194. The Morgan fingerprint density at radius 1 is 0.660 bits per heavy atom. The molecule has 276 valence electrons. The van der Waals surface area contributed by atoms with Crippen LogP contribution in [-0.4, -0.2) is 53.3 Å². The molecule has 1 saturated heterocycles. The lowest BCUT2D eigenvalue weighted by Gasteiger charge is -2.18. The molecule has 0 aromatic carbocycles. The molecule has 9 nitrogen and oxygen atoms in total. The quantitative estimate of drug-likeness (QED) is 0.0223. The molecule has 0 saturated carbocycles. The SMILES string of the molecule is CCCCCCCCCCCCCCCC(=O)OC[C@H](COP(=O)(O)O)OC(=O)CCCCCCC/C=C\CC1OC1CCCCC. The molecule has 0 aliphatic carbocycles. The molecule has 0 amide bonds. The van der Waals surface area contributed by atoms with Crippen molar-refractivity contribution in [2.24, 2.45) is 0 Å². The highest BCUT2D eigenvalue weighted by atomic mass is 31.2. The third-order valence-electron chi connectivity index (χ3n) is 8.71. The van der Waals surface area contributed by atoms with Crippen molar-refractivity contribution < 1.29 is 42.7 Å². The Balaban J connectivity index is 2.08. The van der Waals surface area contributed by atoms with E-state index in [0.717, 1.165) is 57.8 Å². The van der Waals surface area contributed by atoms with Gasteiger partial charge in [-0.1, -0.05) is 142 Å². The van der Waals surface area contributed by atoms with E-state index < -0.39 is 32.5 Å². The average molecular weight is 689 g/mol. The van der Waals surface area contributed by atoms with Gasteiger partial charge >= 0.3 is 19.8 Å². The van der Waals surface area contributed by atoms with Crippen molar-refractivity contribution in [1.82, 2.24) is 0 Å². The first-order valence-electron chi connectivity index (χ1n) is 19.1. The van der Waals surface area contributed by atoms with Crippen LogP contribution in [0.5, 0.6) is 0 Å². The Morgan fingerprint density at radius 3 is 1.74 bits per heavy atom. The van der Waals surface area contributed by atoms with E-state index in [1.807, 2.05) is 0 Å². The summed E-state index contributed by atoms with van der Waals surface area (Å²) in [6.45, 7) is 3.63. The Bertz CT molecular complexity index is 844. The average Bonchev–Trinajstić information content (AvgIpc) is 3.79. The highest BCUT2D eigenvalue weighted by Gasteiger charge is 2.36. The molecule has 1 aliphatic rings. The summed E-state index contributed by atoms with van der Waals surface area (Å²) in [5, 5.41) is 0. The summed E-state index contributed by atoms with van der Waals surface area (Å²) in [6.07, 6.45) is 32.4. The lowest BCUT2D eigenvalue weighted by molar-refractivity contribution is -0.161. The second kappa shape index (κ2) is 29.6. The predicted molar refractivity (Wildman–Crippen MR) is 188 cm³/mol. The van der Waals surface area contributed by atoms with Gasteiger partial charge in [-0.2, -0.15) is 0 Å². The van der Waals surface area contributed by atoms with Crippen molar-refractivity contribution in [2.75, 3.05) is 13.2 Å². The van der Waals surface area contributed by atoms with E-state index in [2.05, 4.69) is 30.5 Å². The molecule has 0 aromatic heterocycles. The van der Waals surface area contributed by atoms with Gasteiger partial charge in [0.05, 0.1) is 18.8 Å². The van der Waals surface area contributed by atoms with Crippen LogP contribution >= 0.6 is 7.82 Å². The van der Waals surface area contributed by atoms with Crippen molar-refractivity contribution in [3.05, 3.63) is 12.2 Å². The molecule has 2 N–H and O–H groups in total. The largest absolute Gasteiger partial charge is 0.469 e. The maximum absolute atomic E-state index is 12.4. The number of esters is 2. The van der Waals surface area contributed by atoms with Crippen LogP contribution in [0.2, 0.25) is 0 Å². The zero-order valence-corrected chi connectivity index (χ0v) is 30.8. The molecule has 1 rings (SSSR count). The summed E-state index contributed by atoms with van der Waals surface area (Å²) in [6, 6.07) is 0. The van der Waals surface area contributed by atoms with Crippen molar-refractivity contribution in [2.45, 2.75) is 199 Å². The van der Waals surface area contributed by atoms with Crippen molar-refractivity contribution in [1.29, 1.82) is 0 Å². The number of epoxide rings is 1. The molecule has 0 radical (unpaired) electrons. The monoisotopic (exact) mass is 688 g/mol. The fourth-order valence-electron chi connectivity index (χ4n) is 5.73. The fraction of sp³-hybridized carbons (Fsp3) is 0.892. The summed E-state index contributed by atoms with van der Waals surface area (Å²) in [5.74, 6) is -0.900. The molecule has 1 heterocycles. The van der Waals surface area contributed by atoms with E-state index in [9.17, 15) is 14.2 Å². The van der Waals surface area contributed by atoms with Crippen LogP contribution in [-0.2, 0) is 32.9 Å². The van der Waals surface area contributed by atoms with Gasteiger partial charge in [-0.05, 0) is 38.5 Å². The van der Waals surface area contributed by atoms with Gasteiger partial charge in [-0.25, -0.2) is 4.57 Å². The number of phosphoric acid groups is 1. The van der Waals surface area contributed by atoms with Crippen LogP contribution in [0.15, 0.2) is 12.2 Å². The first kappa shape index (κ1) is 43.8. The van der Waals surface area contributed by atoms with E-state index in [1.54, 1.807) is 0 Å². The standard InChI is InChI=1S/C37H69O9P/c1-3-5-7-8-9-10-11-12-13-14-18-21-25-29-36(38)43-31-33(32-44-47(40,41)42)45-37(39)30-26-22-19-16-15-17-20-24-28-35-34(46-35)27-23-6-4-2/h20,24,33-35H,3-19,21-23,25-32H2,1-2H3,(H2,40,41,42)/b24-20-/t33-,34?,35?/m1/s1. The summed E-state index contributed by atoms with van der Waals surface area (Å²) >= 11 is 0. The Labute approximate surface area is 286 Å². The number of rotatable bonds is 34. The number of hydrogen-bond acceptors (Lipinski definition) is 7. The minimum atomic E-state index is -4.75. The van der Waals surface area contributed by atoms with E-state index >= 15 is 0 Å². The lowest BCUT2D eigenvalue weighted by atomic mass is 10.0. The van der Waals surface area contributed by atoms with Crippen LogP contribution < -0.4 is 0 Å². The number of unbranched alkanes of at least 4 members (excludes halogenated alkanes) is 19. The molecule has 10 heteroatoms. The highest BCUT2D eigenvalue weighted by Crippen LogP contribution is 2.36. The number of carbonyl (C=O) groups excluding carboxylic acids is 2. The van der Waals surface area contributed by atoms with E-state index in [0.29, 0.717) is 18.6 Å². The summed E-state index contributed by atoms with van der Waals surface area (Å²) in [5.41, 5.74) is 0. The number of hydrogen-bond donors (Lipinski definition) is 2. The van der Waals surface area contributed by atoms with Crippen LogP contribution in [0, 0.1) is 0 Å². The molecule has 1 fully saturated rings. The zero-order valence-electron chi connectivity index (χ0n) is 29.9. The summed E-state index contributed by atoms with van der Waals surface area (Å²) in [4.78, 5) is 42.7. The topological polar surface area (TPSA) is 132 Å². The molecule has 1 aliphatic heterocycles. The lowest BCUT2D eigenvalue weighted by Crippen LogP contribution is -2.29. The van der Waals surface area contributed by atoms with Crippen LogP contribution in [0.1, 0.15) is 181 Å². The smallest absolute Gasteiger partial charge is 0.462 e. The van der Waals surface area contributed by atoms with Gasteiger partial charge < -0.3 is 24.0 Å². The Morgan fingerprint density at radius 2 is 1.17 bits per heavy atom. The number of ether oxygens (including phenoxy) is 3. The molecule has 0 aromatic rings. The maximum atomic E-state index is 12.4. The molecular weight excluding hydrogens is 619 g/mol. The van der Waals surface area contributed by atoms with Crippen LogP contribution in [0.3, 0.4) is 0 Å². The Hall–Kier alpha value is -1.25. The van der Waals surface area contributed by atoms with Crippen LogP contribution in [0.25, 0.3) is 0 Å². The normalized spacial score (nSPS) is 16.9. The number of phosphoric ester groups is 1. The van der Waals surface area contributed by atoms with Gasteiger partial charge in [-0.3, -0.25) is 14.1 Å². The molecule has 2 unspecified atom stereocenters. The van der Waals surface area contributed by atoms with Gasteiger partial charge in [0.15, 0.2) is 6.10 Å². The first-order chi connectivity index (χ1) is 22.7. The molecule has 47 heavy (non-hydrogen) atoms. The third kappa shape index (κ3) is 29.4. The third-order valence-corrected chi connectivity index (χ3v) is 9.19. The molecule has 3 atom stereocenters. The van der Waals surface area contributed by atoms with Crippen molar-refractivity contribution in [3.8, 4) is 0 Å². The predicted octanol–water partition coefficient (Wildman–Crippen LogP) is 10.1. The van der Waals surface area contributed by atoms with E-state index in [4.69, 9.17) is 24.0 Å². The number of allylic oxidation sites excluding steroid dienone is 1. The van der Waals surface area contributed by atoms with E-state index in [1.165, 1.54) is 89.9 Å². The highest BCUT2D eigenvalue weighted by molar-refractivity contribution is 7.46. The van der Waals surface area contributed by atoms with Crippen molar-refractivity contribution >= 4 is 19.8 Å². The van der Waals surface area contributed by atoms with Gasteiger partial charge in [0.2, 0.25) is 0 Å². The molecule has 0 bridgehead atoms. The summed E-state index contributed by atoms with van der Waals surface area (Å²) < 4.78 is 32.0. The van der Waals surface area contributed by atoms with Gasteiger partial charge in [-0.15, -0.1) is 0 Å².